The van der Waals surface area contributed by atoms with Crippen LogP contribution < -0.4 is 15.0 Å². The van der Waals surface area contributed by atoms with Gasteiger partial charge < -0.3 is 15.0 Å². The number of ether oxygens (including phenoxy) is 1. The van der Waals surface area contributed by atoms with Crippen molar-refractivity contribution >= 4 is 34.8 Å². The summed E-state index contributed by atoms with van der Waals surface area (Å²) in [5, 5.41) is 3.55. The highest BCUT2D eigenvalue weighted by molar-refractivity contribution is 6.32. The minimum atomic E-state index is -0.0982. The van der Waals surface area contributed by atoms with Crippen LogP contribution in [0.4, 0.5) is 17.3 Å². The molecule has 136 valence electrons. The molecule has 1 N–H and O–H groups in total. The molecule has 2 heterocycles. The van der Waals surface area contributed by atoms with Crippen molar-refractivity contribution in [2.45, 2.75) is 6.42 Å². The van der Waals surface area contributed by atoms with Gasteiger partial charge in [0.1, 0.15) is 5.75 Å². The Kier molecular flexibility index (Phi) is 4.64. The Bertz CT molecular complexity index is 992. The van der Waals surface area contributed by atoms with Crippen LogP contribution in [0.1, 0.15) is 15.9 Å². The van der Waals surface area contributed by atoms with Crippen LogP contribution in [0, 0.1) is 0 Å². The van der Waals surface area contributed by atoms with Crippen LogP contribution in [0.5, 0.6) is 5.75 Å². The summed E-state index contributed by atoms with van der Waals surface area (Å²) >= 11 is 6.12. The van der Waals surface area contributed by atoms with Crippen LogP contribution in [-0.2, 0) is 6.42 Å². The van der Waals surface area contributed by atoms with Gasteiger partial charge >= 0.3 is 0 Å². The summed E-state index contributed by atoms with van der Waals surface area (Å²) in [4.78, 5) is 23.1. The number of nitrogens with one attached hydrogen (secondary N) is 1. The number of rotatable bonds is 4. The molecule has 0 radical (unpaired) electrons. The quantitative estimate of drug-likeness (QED) is 0.738. The smallest absolute Gasteiger partial charge is 0.261 e. The number of hydrogen-bond acceptors (Lipinski definition) is 5. The zero-order valence-electron chi connectivity index (χ0n) is 14.6. The van der Waals surface area contributed by atoms with Gasteiger partial charge in [0.2, 0.25) is 5.95 Å². The molecule has 4 rings (SSSR count). The lowest BCUT2D eigenvalue weighted by Crippen LogP contribution is -2.29. The van der Waals surface area contributed by atoms with E-state index in [4.69, 9.17) is 16.3 Å². The first-order valence-electron chi connectivity index (χ1n) is 8.48. The lowest BCUT2D eigenvalue weighted by atomic mass is 10.2. The van der Waals surface area contributed by atoms with E-state index in [0.29, 0.717) is 28.8 Å². The molecular formula is C20H17ClN4O2. The number of anilines is 3. The minimum absolute atomic E-state index is 0.0982. The Morgan fingerprint density at radius 1 is 1.19 bits per heavy atom. The number of halogens is 1. The summed E-state index contributed by atoms with van der Waals surface area (Å²) in [6, 6.07) is 13.2. The van der Waals surface area contributed by atoms with E-state index >= 15 is 0 Å². The van der Waals surface area contributed by atoms with Crippen molar-refractivity contribution in [1.29, 1.82) is 0 Å². The predicted molar refractivity (Wildman–Crippen MR) is 105 cm³/mol. The van der Waals surface area contributed by atoms with Crippen LogP contribution in [0.15, 0.2) is 54.9 Å². The number of hydrogen-bond donors (Lipinski definition) is 1. The van der Waals surface area contributed by atoms with Gasteiger partial charge in [-0.1, -0.05) is 29.8 Å². The van der Waals surface area contributed by atoms with Gasteiger partial charge in [-0.05, 0) is 36.2 Å². The van der Waals surface area contributed by atoms with E-state index < -0.39 is 0 Å². The number of benzene rings is 2. The van der Waals surface area contributed by atoms with E-state index in [0.717, 1.165) is 17.8 Å². The van der Waals surface area contributed by atoms with Crippen molar-refractivity contribution in [2.75, 3.05) is 23.9 Å². The molecule has 0 fully saturated rings. The third kappa shape index (κ3) is 3.44. The Labute approximate surface area is 161 Å². The topological polar surface area (TPSA) is 67.3 Å². The molecule has 6 nitrogen and oxygen atoms in total. The molecule has 7 heteroatoms. The number of methoxy groups -OCH3 is 1. The van der Waals surface area contributed by atoms with Crippen molar-refractivity contribution in [1.82, 2.24) is 9.97 Å². The molecule has 1 aliphatic heterocycles. The summed E-state index contributed by atoms with van der Waals surface area (Å²) in [5.41, 5.74) is 3.32. The average Bonchev–Trinajstić information content (AvgIpc) is 3.12. The van der Waals surface area contributed by atoms with Gasteiger partial charge in [0, 0.05) is 30.3 Å². The fourth-order valence-electron chi connectivity index (χ4n) is 3.08. The van der Waals surface area contributed by atoms with E-state index in [1.54, 1.807) is 24.1 Å². The van der Waals surface area contributed by atoms with Crippen molar-refractivity contribution in [2.24, 2.45) is 0 Å². The number of amides is 1. The fourth-order valence-corrected chi connectivity index (χ4v) is 3.34. The number of carbonyl (C=O) groups is 1. The lowest BCUT2D eigenvalue weighted by molar-refractivity contribution is 0.0988. The summed E-state index contributed by atoms with van der Waals surface area (Å²) in [6.07, 6.45) is 3.92. The van der Waals surface area contributed by atoms with E-state index in [-0.39, 0.29) is 5.91 Å². The first-order chi connectivity index (χ1) is 13.2. The standard InChI is InChI=1S/C20H17ClN4O2/c1-27-18-7-6-15(10-16(18)21)24-20-22-11-14(12-23-20)19(26)25-9-8-13-4-2-3-5-17(13)25/h2-7,10-12H,8-9H2,1H3,(H,22,23,24). The molecule has 1 aliphatic rings. The van der Waals surface area contributed by atoms with Gasteiger partial charge in [0.25, 0.3) is 5.91 Å². The highest BCUT2D eigenvalue weighted by Gasteiger charge is 2.25. The molecule has 2 aromatic carbocycles. The first kappa shape index (κ1) is 17.3. The molecule has 1 aromatic heterocycles. The van der Waals surface area contributed by atoms with Crippen LogP contribution in [0.2, 0.25) is 5.02 Å². The van der Waals surface area contributed by atoms with Gasteiger partial charge in [-0.25, -0.2) is 9.97 Å². The number of fused-ring (bicyclic) bond motifs is 1. The molecule has 0 aliphatic carbocycles. The largest absolute Gasteiger partial charge is 0.495 e. The van der Waals surface area contributed by atoms with Gasteiger partial charge in [-0.2, -0.15) is 0 Å². The predicted octanol–water partition coefficient (Wildman–Crippen LogP) is 4.09. The zero-order valence-corrected chi connectivity index (χ0v) is 15.4. The molecule has 0 spiro atoms. The molecule has 1 amide bonds. The van der Waals surface area contributed by atoms with E-state index in [2.05, 4.69) is 15.3 Å². The van der Waals surface area contributed by atoms with Crippen LogP contribution in [-0.4, -0.2) is 29.5 Å². The van der Waals surface area contributed by atoms with E-state index in [1.165, 1.54) is 18.0 Å². The van der Waals surface area contributed by atoms with Crippen LogP contribution >= 0.6 is 11.6 Å². The lowest BCUT2D eigenvalue weighted by Gasteiger charge is -2.17. The Morgan fingerprint density at radius 3 is 2.70 bits per heavy atom. The maximum absolute atomic E-state index is 12.8. The Balaban J connectivity index is 1.49. The van der Waals surface area contributed by atoms with Gasteiger partial charge in [-0.15, -0.1) is 0 Å². The van der Waals surface area contributed by atoms with Crippen molar-refractivity contribution < 1.29 is 9.53 Å². The Hall–Kier alpha value is -3.12. The number of carbonyl (C=O) groups excluding carboxylic acids is 1. The van der Waals surface area contributed by atoms with Gasteiger partial charge in [-0.3, -0.25) is 4.79 Å². The van der Waals surface area contributed by atoms with E-state index in [9.17, 15) is 4.79 Å². The van der Waals surface area contributed by atoms with Crippen LogP contribution in [0.25, 0.3) is 0 Å². The normalized spacial score (nSPS) is 12.6. The zero-order chi connectivity index (χ0) is 18.8. The van der Waals surface area contributed by atoms with E-state index in [1.807, 2.05) is 30.3 Å². The fraction of sp³-hybridized carbons (Fsp3) is 0.150. The maximum Gasteiger partial charge on any atom is 0.261 e. The summed E-state index contributed by atoms with van der Waals surface area (Å²) in [7, 11) is 1.56. The molecular weight excluding hydrogens is 364 g/mol. The second kappa shape index (κ2) is 7.25. The molecule has 27 heavy (non-hydrogen) atoms. The highest BCUT2D eigenvalue weighted by Crippen LogP contribution is 2.29. The maximum atomic E-state index is 12.8. The first-order valence-corrected chi connectivity index (χ1v) is 8.86. The Morgan fingerprint density at radius 2 is 1.96 bits per heavy atom. The average molecular weight is 381 g/mol. The second-order valence-electron chi connectivity index (χ2n) is 6.11. The summed E-state index contributed by atoms with van der Waals surface area (Å²) < 4.78 is 5.13. The highest BCUT2D eigenvalue weighted by atomic mass is 35.5. The second-order valence-corrected chi connectivity index (χ2v) is 6.51. The number of aromatic nitrogens is 2. The molecule has 0 saturated heterocycles. The van der Waals surface area contributed by atoms with Crippen molar-refractivity contribution in [3.05, 3.63) is 71.0 Å². The van der Waals surface area contributed by atoms with Crippen LogP contribution in [0.3, 0.4) is 0 Å². The minimum Gasteiger partial charge on any atom is -0.495 e. The monoisotopic (exact) mass is 380 g/mol. The third-order valence-electron chi connectivity index (χ3n) is 4.44. The van der Waals surface area contributed by atoms with Crippen molar-refractivity contribution in [3.63, 3.8) is 0 Å². The summed E-state index contributed by atoms with van der Waals surface area (Å²) in [5.74, 6) is 0.878. The molecule has 3 aromatic rings. The molecule has 0 bridgehead atoms. The van der Waals surface area contributed by atoms with Gasteiger partial charge in [0.15, 0.2) is 0 Å². The van der Waals surface area contributed by atoms with Crippen molar-refractivity contribution in [3.8, 4) is 5.75 Å². The SMILES string of the molecule is COc1ccc(Nc2ncc(C(=O)N3CCc4ccccc43)cn2)cc1Cl. The van der Waals surface area contributed by atoms with Gasteiger partial charge in [0.05, 0.1) is 17.7 Å². The molecule has 0 saturated carbocycles. The molecule has 0 unspecified atom stereocenters. The molecule has 0 atom stereocenters. The summed E-state index contributed by atoms with van der Waals surface area (Å²) in [6.45, 7) is 0.669. The number of nitrogens with zero attached hydrogens (tertiary/aromatic N) is 3. The number of para-hydroxylation sites is 1. The third-order valence-corrected chi connectivity index (χ3v) is 4.73.